The summed E-state index contributed by atoms with van der Waals surface area (Å²) in [4.78, 5) is 64.1. The molecule has 4 unspecified atom stereocenters. The van der Waals surface area contributed by atoms with Crippen molar-refractivity contribution in [3.05, 3.63) is 130 Å². The molecule has 0 radical (unpaired) electrons. The summed E-state index contributed by atoms with van der Waals surface area (Å²) in [5, 5.41) is 50.4. The number of oxime groups is 4. The minimum atomic E-state index is -1.01. The fourth-order valence-corrected chi connectivity index (χ4v) is 6.99. The van der Waals surface area contributed by atoms with Crippen molar-refractivity contribution in [2.75, 3.05) is 38.8 Å². The number of nitrogens with two attached hydrogens (primary N) is 4. The lowest BCUT2D eigenvalue weighted by molar-refractivity contribution is -0.139. The number of ether oxygens (including phenoxy) is 1. The Kier molecular flexibility index (Phi) is 36.8. The highest BCUT2D eigenvalue weighted by Crippen LogP contribution is 2.19. The fraction of sp³-hybridized carbons (Fsp3) is 0.448. The summed E-state index contributed by atoms with van der Waals surface area (Å²) in [6.07, 6.45) is 4.94. The molecule has 0 heterocycles. The van der Waals surface area contributed by atoms with E-state index >= 15 is 0 Å². The van der Waals surface area contributed by atoms with E-state index < -0.39 is 48.0 Å². The second-order valence-electron chi connectivity index (χ2n) is 18.9. The molecule has 0 spiro atoms. The van der Waals surface area contributed by atoms with Gasteiger partial charge in [-0.2, -0.15) is 0 Å². The number of carboxylic acids is 4. The molecule has 4 rings (SSSR count). The average Bonchev–Trinajstić information content (AvgIpc) is 3.40. The molecule has 0 aromatic heterocycles. The largest absolute Gasteiger partial charge is 0.490 e. The van der Waals surface area contributed by atoms with Crippen LogP contribution in [-0.4, -0.2) is 130 Å². The maximum atomic E-state index is 10.7. The second kappa shape index (κ2) is 41.6. The van der Waals surface area contributed by atoms with E-state index in [0.29, 0.717) is 64.5 Å². The van der Waals surface area contributed by atoms with Crippen LogP contribution in [-0.2, 0) is 77.1 Å². The van der Waals surface area contributed by atoms with Gasteiger partial charge in [0.1, 0.15) is 56.3 Å². The van der Waals surface area contributed by atoms with Crippen molar-refractivity contribution >= 4 is 58.5 Å². The Balaban J connectivity index is 0.000000533. The average molecular weight is 1130 g/mol. The topological polar surface area (TPSA) is 349 Å². The van der Waals surface area contributed by atoms with E-state index in [1.165, 1.54) is 11.1 Å². The molecule has 0 aliphatic carbocycles. The molecule has 0 saturated heterocycles. The van der Waals surface area contributed by atoms with Crippen molar-refractivity contribution in [1.82, 2.24) is 0 Å². The lowest BCUT2D eigenvalue weighted by atomic mass is 10.0. The monoisotopic (exact) mass is 1130 g/mol. The first-order chi connectivity index (χ1) is 37.9. The van der Waals surface area contributed by atoms with Crippen LogP contribution < -0.4 is 27.7 Å². The van der Waals surface area contributed by atoms with Gasteiger partial charge in [0.05, 0.1) is 22.8 Å². The maximum absolute atomic E-state index is 10.7. The Hall–Kier alpha value is -7.37. The molecule has 0 bridgehead atoms. The first kappa shape index (κ1) is 70.6. The van der Waals surface area contributed by atoms with E-state index in [9.17, 15) is 19.2 Å². The Labute approximate surface area is 474 Å². The lowest BCUT2D eigenvalue weighted by Gasteiger charge is -2.08. The van der Waals surface area contributed by atoms with Crippen molar-refractivity contribution in [1.29, 1.82) is 0 Å². The van der Waals surface area contributed by atoms with E-state index in [0.717, 1.165) is 81.4 Å². The zero-order valence-corrected chi connectivity index (χ0v) is 48.2. The first-order valence-corrected chi connectivity index (χ1v) is 27.0. The third kappa shape index (κ3) is 36.7. The molecule has 12 N–H and O–H groups in total. The second-order valence-corrected chi connectivity index (χ2v) is 20.1. The summed E-state index contributed by atoms with van der Waals surface area (Å²) in [6.45, 7) is 17.5. The van der Waals surface area contributed by atoms with Crippen LogP contribution in [0.25, 0.3) is 0 Å². The molecule has 440 valence electrons. The third-order valence-electron chi connectivity index (χ3n) is 10.3. The Morgan fingerprint density at radius 3 is 0.988 bits per heavy atom. The highest BCUT2D eigenvalue weighted by molar-refractivity contribution is 7.99. The van der Waals surface area contributed by atoms with Crippen LogP contribution in [0.4, 0.5) is 0 Å². The minimum Gasteiger partial charge on any atom is -0.490 e. The zero-order chi connectivity index (χ0) is 59.8. The number of nitrogens with zero attached hydrogens (tertiary/aromatic N) is 4. The SMILES string of the molecule is CC(C)=NOCCCc1ccc(CC(N)C(=O)O)cc1.CC(C)=NOCCCc1ccc(CC(N)C(=O)O)cc1.CC(C)=NOCCOc1ccc(CC(N)C(=O)O)cc1.CC(C)=NOCCSc1ccc(CC(N)C(=O)O)cc1. The van der Waals surface area contributed by atoms with E-state index in [4.69, 9.17) is 67.4 Å². The van der Waals surface area contributed by atoms with Crippen LogP contribution in [0.1, 0.15) is 102 Å². The number of carboxylic acid groups (broad SMARTS) is 4. The van der Waals surface area contributed by atoms with Gasteiger partial charge in [-0.1, -0.05) is 93.4 Å². The molecule has 0 aliphatic heterocycles. The van der Waals surface area contributed by atoms with Gasteiger partial charge in [0.25, 0.3) is 0 Å². The third-order valence-corrected chi connectivity index (χ3v) is 11.2. The number of aliphatic carboxylic acids is 4. The van der Waals surface area contributed by atoms with Crippen molar-refractivity contribution in [3.8, 4) is 5.75 Å². The molecule has 0 saturated carbocycles. The van der Waals surface area contributed by atoms with E-state index in [1.807, 2.05) is 128 Å². The first-order valence-electron chi connectivity index (χ1n) is 26.0. The minimum absolute atomic E-state index is 0.295. The van der Waals surface area contributed by atoms with Crippen LogP contribution in [0.2, 0.25) is 0 Å². The number of hydrogen-bond acceptors (Lipinski definition) is 18. The summed E-state index contributed by atoms with van der Waals surface area (Å²) in [6, 6.07) is 27.1. The normalized spacial score (nSPS) is 11.7. The van der Waals surface area contributed by atoms with Gasteiger partial charge in [-0.25, -0.2) is 0 Å². The predicted octanol–water partition coefficient (Wildman–Crippen LogP) is 7.55. The zero-order valence-electron chi connectivity index (χ0n) is 47.4. The smallest absolute Gasteiger partial charge is 0.320 e. The van der Waals surface area contributed by atoms with Crippen molar-refractivity contribution in [2.45, 2.75) is 136 Å². The van der Waals surface area contributed by atoms with Gasteiger partial charge in [-0.3, -0.25) is 19.2 Å². The van der Waals surface area contributed by atoms with Gasteiger partial charge in [-0.05, 0) is 164 Å². The number of aryl methyl sites for hydroxylation is 2. The van der Waals surface area contributed by atoms with Crippen LogP contribution in [0.5, 0.6) is 5.75 Å². The van der Waals surface area contributed by atoms with Crippen LogP contribution in [0, 0.1) is 0 Å². The van der Waals surface area contributed by atoms with Gasteiger partial charge >= 0.3 is 23.9 Å². The van der Waals surface area contributed by atoms with Crippen LogP contribution >= 0.6 is 11.8 Å². The standard InChI is InChI=1S/2C15H22N2O3.C14H20N2O4.C14H20N2O3S/c2*1-11(2)17-20-9-3-4-12-5-7-13(8-6-12)10-14(16)15(18)19;1-10(2)16-20-8-7-19-12-5-3-11(4-6-12)9-13(15)14(17)18;1-10(2)16-19-7-8-20-12-5-3-11(4-6-12)9-13(15)14(17)18/h2*5-8,14H,3-4,9-10,16H2,1-2H3,(H,18,19);2*3-6,13H,7-9,15H2,1-2H3,(H,17,18). The summed E-state index contributed by atoms with van der Waals surface area (Å²) in [5.41, 5.74) is 31.5. The summed E-state index contributed by atoms with van der Waals surface area (Å²) < 4.78 is 5.45. The molecule has 4 aromatic rings. The summed E-state index contributed by atoms with van der Waals surface area (Å²) in [5.74, 6) is -2.43. The van der Waals surface area contributed by atoms with Gasteiger partial charge in [-0.15, -0.1) is 11.8 Å². The lowest BCUT2D eigenvalue weighted by Crippen LogP contribution is -2.32. The number of rotatable bonds is 32. The predicted molar refractivity (Wildman–Crippen MR) is 315 cm³/mol. The number of thioether (sulfide) groups is 1. The van der Waals surface area contributed by atoms with Crippen molar-refractivity contribution in [2.24, 2.45) is 43.6 Å². The molecular weight excluding hydrogens is 1050 g/mol. The van der Waals surface area contributed by atoms with Crippen LogP contribution in [0.15, 0.2) is 123 Å². The molecule has 4 aromatic carbocycles. The van der Waals surface area contributed by atoms with Crippen LogP contribution in [0.3, 0.4) is 0 Å². The Morgan fingerprint density at radius 2 is 0.675 bits per heavy atom. The van der Waals surface area contributed by atoms with Gasteiger partial charge in [0.15, 0.2) is 6.61 Å². The fourth-order valence-electron chi connectivity index (χ4n) is 6.27. The van der Waals surface area contributed by atoms with Crippen molar-refractivity contribution in [3.63, 3.8) is 0 Å². The van der Waals surface area contributed by atoms with Gasteiger partial charge in [0, 0.05) is 10.6 Å². The highest BCUT2D eigenvalue weighted by Gasteiger charge is 2.15. The Bertz CT molecular complexity index is 2160. The van der Waals surface area contributed by atoms with E-state index in [2.05, 4.69) is 20.6 Å². The molecule has 0 amide bonds. The number of benzene rings is 4. The van der Waals surface area contributed by atoms with E-state index in [-0.39, 0.29) is 0 Å². The molecule has 0 aliphatic rings. The highest BCUT2D eigenvalue weighted by atomic mass is 32.2. The molecule has 22 heteroatoms. The quantitative estimate of drug-likeness (QED) is 0.0101. The summed E-state index contributed by atoms with van der Waals surface area (Å²) >= 11 is 1.66. The maximum Gasteiger partial charge on any atom is 0.320 e. The number of hydrogen-bond donors (Lipinski definition) is 8. The molecular formula is C58H84N8O13S. The summed E-state index contributed by atoms with van der Waals surface area (Å²) in [7, 11) is 0. The molecule has 80 heavy (non-hydrogen) atoms. The van der Waals surface area contributed by atoms with Gasteiger partial charge in [0.2, 0.25) is 0 Å². The van der Waals surface area contributed by atoms with Crippen molar-refractivity contribution < 1.29 is 63.7 Å². The molecule has 0 fully saturated rings. The molecule has 21 nitrogen and oxygen atoms in total. The molecule has 4 atom stereocenters. The van der Waals surface area contributed by atoms with Gasteiger partial charge < -0.3 is 67.4 Å². The Morgan fingerprint density at radius 1 is 0.400 bits per heavy atom. The number of carbonyl (C=O) groups is 4. The van der Waals surface area contributed by atoms with E-state index in [1.54, 1.807) is 36.0 Å².